The number of amides is 2. The molecule has 2 saturated heterocycles. The molecule has 1 saturated carbocycles. The van der Waals surface area contributed by atoms with Crippen molar-refractivity contribution < 1.29 is 14.3 Å². The summed E-state index contributed by atoms with van der Waals surface area (Å²) in [5, 5.41) is 3.45. The highest BCUT2D eigenvalue weighted by Crippen LogP contribution is 2.33. The summed E-state index contributed by atoms with van der Waals surface area (Å²) >= 11 is 0. The zero-order valence-electron chi connectivity index (χ0n) is 11.4. The first-order valence-corrected chi connectivity index (χ1v) is 7.46. The number of morpholine rings is 1. The highest BCUT2D eigenvalue weighted by atomic mass is 16.5. The van der Waals surface area contributed by atoms with E-state index in [4.69, 9.17) is 4.74 Å². The topological polar surface area (TPSA) is 58.6 Å². The lowest BCUT2D eigenvalue weighted by Gasteiger charge is -2.39. The van der Waals surface area contributed by atoms with Crippen molar-refractivity contribution in [3.05, 3.63) is 0 Å². The number of carbonyl (C=O) groups excluding carboxylic acids is 2. The number of hydrogen-bond donors (Lipinski definition) is 1. The highest BCUT2D eigenvalue weighted by molar-refractivity contribution is 6.02. The summed E-state index contributed by atoms with van der Waals surface area (Å²) in [4.78, 5) is 26.1. The van der Waals surface area contributed by atoms with Crippen LogP contribution in [0.25, 0.3) is 0 Å². The Hall–Kier alpha value is -0.940. The summed E-state index contributed by atoms with van der Waals surface area (Å²) in [5.74, 6) is -0.184. The van der Waals surface area contributed by atoms with Crippen LogP contribution in [0.1, 0.15) is 45.4 Å². The first-order valence-electron chi connectivity index (χ1n) is 7.46. The van der Waals surface area contributed by atoms with Gasteiger partial charge in [0, 0.05) is 12.1 Å². The lowest BCUT2D eigenvalue weighted by Crippen LogP contribution is -2.57. The molecular weight excluding hydrogens is 244 g/mol. The zero-order valence-corrected chi connectivity index (χ0v) is 11.4. The Balaban J connectivity index is 1.66. The summed E-state index contributed by atoms with van der Waals surface area (Å²) in [5.41, 5.74) is 0. The molecule has 0 aromatic rings. The molecule has 5 heteroatoms. The standard InChI is InChI=1S/C14H22N2O3/c1-2-15-9-3-5-10(6-4-9)16-13(17)11-7-8-12(19-11)14(16)18/h9-12,15H,2-8H2,1H3. The van der Waals surface area contributed by atoms with Gasteiger partial charge in [0.05, 0.1) is 0 Å². The van der Waals surface area contributed by atoms with Gasteiger partial charge in [0.25, 0.3) is 11.8 Å². The Labute approximate surface area is 113 Å². The second-order valence-electron chi connectivity index (χ2n) is 5.80. The molecule has 0 spiro atoms. The van der Waals surface area contributed by atoms with Crippen LogP contribution in [0.4, 0.5) is 0 Å². The number of nitrogens with zero attached hydrogens (tertiary/aromatic N) is 1. The molecule has 0 aromatic carbocycles. The van der Waals surface area contributed by atoms with Crippen LogP contribution in [0.5, 0.6) is 0 Å². The van der Waals surface area contributed by atoms with Gasteiger partial charge in [-0.25, -0.2) is 0 Å². The number of nitrogens with one attached hydrogen (secondary N) is 1. The Morgan fingerprint density at radius 3 is 2.16 bits per heavy atom. The maximum absolute atomic E-state index is 12.3. The summed E-state index contributed by atoms with van der Waals surface area (Å²) in [6.07, 6.45) is 4.65. The summed E-state index contributed by atoms with van der Waals surface area (Å²) in [6.45, 7) is 3.09. The van der Waals surface area contributed by atoms with Gasteiger partial charge in [0.15, 0.2) is 0 Å². The smallest absolute Gasteiger partial charge is 0.258 e. The SMILES string of the molecule is CCNC1CCC(N2C(=O)C3CCC(O3)C2=O)CC1. The van der Waals surface area contributed by atoms with Crippen molar-refractivity contribution in [3.8, 4) is 0 Å². The van der Waals surface area contributed by atoms with E-state index < -0.39 is 0 Å². The van der Waals surface area contributed by atoms with E-state index in [1.165, 1.54) is 4.90 Å². The molecule has 2 atom stereocenters. The van der Waals surface area contributed by atoms with Gasteiger partial charge in [-0.2, -0.15) is 0 Å². The number of ether oxygens (including phenoxy) is 1. The minimum absolute atomic E-state index is 0.0920. The van der Waals surface area contributed by atoms with Crippen LogP contribution in [-0.4, -0.2) is 47.6 Å². The van der Waals surface area contributed by atoms with E-state index in [2.05, 4.69) is 12.2 Å². The minimum atomic E-state index is -0.353. The van der Waals surface area contributed by atoms with Gasteiger partial charge in [-0.3, -0.25) is 14.5 Å². The van der Waals surface area contributed by atoms with Gasteiger partial charge in [-0.15, -0.1) is 0 Å². The fourth-order valence-electron chi connectivity index (χ4n) is 3.61. The number of carbonyl (C=O) groups is 2. The van der Waals surface area contributed by atoms with Gasteiger partial charge in [0.1, 0.15) is 12.2 Å². The van der Waals surface area contributed by atoms with Crippen LogP contribution in [-0.2, 0) is 14.3 Å². The quantitative estimate of drug-likeness (QED) is 0.769. The largest absolute Gasteiger partial charge is 0.355 e. The molecule has 2 bridgehead atoms. The molecule has 2 amide bonds. The molecule has 0 radical (unpaired) electrons. The second kappa shape index (κ2) is 5.21. The molecule has 2 aliphatic heterocycles. The van der Waals surface area contributed by atoms with Gasteiger partial charge in [-0.1, -0.05) is 6.92 Å². The fourth-order valence-corrected chi connectivity index (χ4v) is 3.61. The van der Waals surface area contributed by atoms with Crippen LogP contribution in [0.3, 0.4) is 0 Å². The van der Waals surface area contributed by atoms with Crippen molar-refractivity contribution in [3.63, 3.8) is 0 Å². The average Bonchev–Trinajstić information content (AvgIpc) is 2.86. The van der Waals surface area contributed by atoms with Gasteiger partial charge >= 0.3 is 0 Å². The molecule has 1 aliphatic carbocycles. The Morgan fingerprint density at radius 2 is 1.63 bits per heavy atom. The van der Waals surface area contributed by atoms with Crippen LogP contribution < -0.4 is 5.32 Å². The lowest BCUT2D eigenvalue weighted by molar-refractivity contribution is -0.172. The predicted molar refractivity (Wildman–Crippen MR) is 69.5 cm³/mol. The van der Waals surface area contributed by atoms with Crippen molar-refractivity contribution in [2.75, 3.05) is 6.54 Å². The van der Waals surface area contributed by atoms with Crippen molar-refractivity contribution in [2.45, 2.75) is 69.7 Å². The number of likely N-dealkylation sites (tertiary alicyclic amines) is 1. The third-order valence-electron chi connectivity index (χ3n) is 4.60. The molecule has 19 heavy (non-hydrogen) atoms. The number of fused-ring (bicyclic) bond motifs is 2. The first-order chi connectivity index (χ1) is 9.20. The van der Waals surface area contributed by atoms with E-state index in [-0.39, 0.29) is 30.1 Å². The average molecular weight is 266 g/mol. The van der Waals surface area contributed by atoms with Crippen LogP contribution >= 0.6 is 0 Å². The molecule has 2 heterocycles. The predicted octanol–water partition coefficient (Wildman–Crippen LogP) is 0.823. The lowest BCUT2D eigenvalue weighted by atomic mass is 9.89. The molecule has 106 valence electrons. The van der Waals surface area contributed by atoms with E-state index in [9.17, 15) is 9.59 Å². The number of hydrogen-bond acceptors (Lipinski definition) is 4. The van der Waals surface area contributed by atoms with Gasteiger partial charge < -0.3 is 10.1 Å². The minimum Gasteiger partial charge on any atom is -0.355 e. The third-order valence-corrected chi connectivity index (χ3v) is 4.60. The first kappa shape index (κ1) is 13.1. The van der Waals surface area contributed by atoms with Crippen LogP contribution in [0.15, 0.2) is 0 Å². The van der Waals surface area contributed by atoms with Crippen LogP contribution in [0, 0.1) is 0 Å². The molecular formula is C14H22N2O3. The normalized spacial score (nSPS) is 38.9. The highest BCUT2D eigenvalue weighted by Gasteiger charge is 2.49. The van der Waals surface area contributed by atoms with E-state index in [1.807, 2.05) is 0 Å². The van der Waals surface area contributed by atoms with Crippen molar-refractivity contribution in [1.82, 2.24) is 10.2 Å². The van der Waals surface area contributed by atoms with Gasteiger partial charge in [0.2, 0.25) is 0 Å². The molecule has 1 N–H and O–H groups in total. The van der Waals surface area contributed by atoms with Crippen molar-refractivity contribution in [1.29, 1.82) is 0 Å². The molecule has 0 aromatic heterocycles. The van der Waals surface area contributed by atoms with E-state index in [0.717, 1.165) is 32.2 Å². The Morgan fingerprint density at radius 1 is 1.05 bits per heavy atom. The molecule has 3 fully saturated rings. The maximum atomic E-state index is 12.3. The second-order valence-corrected chi connectivity index (χ2v) is 5.80. The van der Waals surface area contributed by atoms with Gasteiger partial charge in [-0.05, 0) is 45.1 Å². The Bertz CT molecular complexity index is 355. The zero-order chi connectivity index (χ0) is 13.4. The number of rotatable bonds is 3. The van der Waals surface area contributed by atoms with Crippen molar-refractivity contribution >= 4 is 11.8 Å². The summed E-state index contributed by atoms with van der Waals surface area (Å²) < 4.78 is 5.45. The van der Waals surface area contributed by atoms with Crippen molar-refractivity contribution in [2.24, 2.45) is 0 Å². The molecule has 2 unspecified atom stereocenters. The van der Waals surface area contributed by atoms with Crippen LogP contribution in [0.2, 0.25) is 0 Å². The Kier molecular flexibility index (Phi) is 3.58. The number of imide groups is 1. The monoisotopic (exact) mass is 266 g/mol. The maximum Gasteiger partial charge on any atom is 0.258 e. The molecule has 5 nitrogen and oxygen atoms in total. The fraction of sp³-hybridized carbons (Fsp3) is 0.857. The summed E-state index contributed by atoms with van der Waals surface area (Å²) in [7, 11) is 0. The van der Waals surface area contributed by atoms with E-state index >= 15 is 0 Å². The molecule has 3 aliphatic rings. The molecule has 3 rings (SSSR count). The summed E-state index contributed by atoms with van der Waals surface area (Å²) in [6, 6.07) is 0.645. The van der Waals surface area contributed by atoms with E-state index in [0.29, 0.717) is 18.9 Å². The third kappa shape index (κ3) is 2.30. The van der Waals surface area contributed by atoms with E-state index in [1.54, 1.807) is 0 Å².